The van der Waals surface area contributed by atoms with E-state index in [1.807, 2.05) is 0 Å². The fourth-order valence-corrected chi connectivity index (χ4v) is 6.55. The Balaban J connectivity index is 1.76. The van der Waals surface area contributed by atoms with Gasteiger partial charge < -0.3 is 9.64 Å². The summed E-state index contributed by atoms with van der Waals surface area (Å²) in [7, 11) is 1.19. The van der Waals surface area contributed by atoms with Crippen molar-refractivity contribution in [1.82, 2.24) is 0 Å². The van der Waals surface area contributed by atoms with E-state index in [9.17, 15) is 27.6 Å². The van der Waals surface area contributed by atoms with Gasteiger partial charge in [0.2, 0.25) is 5.91 Å². The predicted octanol–water partition coefficient (Wildman–Crippen LogP) is 5.80. The van der Waals surface area contributed by atoms with Crippen molar-refractivity contribution in [3.63, 3.8) is 0 Å². The number of amides is 1. The molecule has 4 rings (SSSR count). The summed E-state index contributed by atoms with van der Waals surface area (Å²) >= 11 is 0.790. The number of ketones is 1. The van der Waals surface area contributed by atoms with Gasteiger partial charge in [-0.25, -0.2) is 4.79 Å². The highest BCUT2D eigenvalue weighted by Crippen LogP contribution is 2.61. The standard InChI is InChI=1S/C24H30F3NO4S/c1-14-3-5-15(6-4-14)21(30)28(16-7-9-17(29)10-8-16)18-13-19(33-20(18)22(31)32-2)23(11-12-23)24(25,26)27/h13-16H,3-12H2,1-2H3. The second-order valence-electron chi connectivity index (χ2n) is 9.83. The fraction of sp³-hybridized carbons (Fsp3) is 0.708. The number of hydrogen-bond donors (Lipinski definition) is 0. The minimum absolute atomic E-state index is 0.0243. The van der Waals surface area contributed by atoms with E-state index in [0.717, 1.165) is 37.0 Å². The molecule has 1 aromatic rings. The average Bonchev–Trinajstić information content (AvgIpc) is 3.50. The lowest BCUT2D eigenvalue weighted by Crippen LogP contribution is -2.46. The SMILES string of the molecule is COC(=O)c1sc(C2(C(F)(F)F)CC2)cc1N(C(=O)C1CCC(C)CC1)C1CCC(=O)CC1. The lowest BCUT2D eigenvalue weighted by Gasteiger charge is -2.37. The van der Waals surface area contributed by atoms with Crippen LogP contribution in [0.5, 0.6) is 0 Å². The van der Waals surface area contributed by atoms with E-state index in [2.05, 4.69) is 6.92 Å². The summed E-state index contributed by atoms with van der Waals surface area (Å²) in [5, 5.41) is 0. The van der Waals surface area contributed by atoms with Crippen LogP contribution in [0, 0.1) is 11.8 Å². The molecule has 1 amide bonds. The lowest BCUT2D eigenvalue weighted by molar-refractivity contribution is -0.159. The zero-order valence-electron chi connectivity index (χ0n) is 19.0. The Morgan fingerprint density at radius 3 is 2.21 bits per heavy atom. The maximum atomic E-state index is 13.9. The first-order chi connectivity index (χ1) is 15.6. The van der Waals surface area contributed by atoms with Crippen molar-refractivity contribution in [3.05, 3.63) is 15.8 Å². The van der Waals surface area contributed by atoms with Crippen LogP contribution in [0.25, 0.3) is 0 Å². The zero-order chi connectivity index (χ0) is 24.0. The monoisotopic (exact) mass is 485 g/mol. The minimum Gasteiger partial charge on any atom is -0.465 e. The summed E-state index contributed by atoms with van der Waals surface area (Å²) in [5.74, 6) is -0.452. The molecule has 3 aliphatic rings. The quantitative estimate of drug-likeness (QED) is 0.495. The molecule has 0 atom stereocenters. The third-order valence-corrected chi connectivity index (χ3v) is 8.90. The highest BCUT2D eigenvalue weighted by Gasteiger charge is 2.65. The number of halogens is 3. The third kappa shape index (κ3) is 4.57. The van der Waals surface area contributed by atoms with Crippen LogP contribution in [-0.4, -0.2) is 37.0 Å². The maximum absolute atomic E-state index is 13.9. The Morgan fingerprint density at radius 2 is 1.70 bits per heavy atom. The van der Waals surface area contributed by atoms with Crippen LogP contribution in [-0.2, 0) is 19.7 Å². The Kier molecular flexibility index (Phi) is 6.64. The number of rotatable bonds is 5. The van der Waals surface area contributed by atoms with Gasteiger partial charge in [0.15, 0.2) is 0 Å². The Morgan fingerprint density at radius 1 is 1.09 bits per heavy atom. The van der Waals surface area contributed by atoms with E-state index in [-0.39, 0.29) is 51.9 Å². The highest BCUT2D eigenvalue weighted by atomic mass is 32.1. The summed E-state index contributed by atoms with van der Waals surface area (Å²) in [4.78, 5) is 39.9. The van der Waals surface area contributed by atoms with Crippen molar-refractivity contribution < 1.29 is 32.3 Å². The number of thiophene rings is 1. The van der Waals surface area contributed by atoms with Crippen molar-refractivity contribution in [1.29, 1.82) is 0 Å². The van der Waals surface area contributed by atoms with Gasteiger partial charge in [-0.05, 0) is 63.4 Å². The van der Waals surface area contributed by atoms with Gasteiger partial charge in [0.05, 0.1) is 12.8 Å². The summed E-state index contributed by atoms with van der Waals surface area (Å²) in [6, 6.07) is 1.08. The Labute approximate surface area is 195 Å². The van der Waals surface area contributed by atoms with E-state index in [4.69, 9.17) is 4.74 Å². The van der Waals surface area contributed by atoms with Crippen LogP contribution in [0.1, 0.15) is 85.7 Å². The number of methoxy groups -OCH3 is 1. The largest absolute Gasteiger partial charge is 0.465 e. The molecule has 0 radical (unpaired) electrons. The van der Waals surface area contributed by atoms with Crippen molar-refractivity contribution in [2.24, 2.45) is 11.8 Å². The molecule has 3 fully saturated rings. The number of anilines is 1. The van der Waals surface area contributed by atoms with Crippen LogP contribution >= 0.6 is 11.3 Å². The van der Waals surface area contributed by atoms with Gasteiger partial charge in [-0.2, -0.15) is 13.2 Å². The van der Waals surface area contributed by atoms with Crippen LogP contribution < -0.4 is 4.90 Å². The molecule has 0 spiro atoms. The first kappa shape index (κ1) is 24.2. The molecule has 0 bridgehead atoms. The van der Waals surface area contributed by atoms with Crippen LogP contribution in [0.2, 0.25) is 0 Å². The molecule has 0 aromatic carbocycles. The molecule has 0 unspecified atom stereocenters. The summed E-state index contributed by atoms with van der Waals surface area (Å²) in [6.45, 7) is 2.15. The molecular weight excluding hydrogens is 455 g/mol. The Bertz CT molecular complexity index is 919. The number of carbonyl (C=O) groups is 3. The summed E-state index contributed by atoms with van der Waals surface area (Å²) in [6.07, 6.45) is 0.361. The number of ether oxygens (including phenoxy) is 1. The summed E-state index contributed by atoms with van der Waals surface area (Å²) in [5.41, 5.74) is -1.73. The molecule has 0 N–H and O–H groups in total. The topological polar surface area (TPSA) is 63.7 Å². The van der Waals surface area contributed by atoms with Gasteiger partial charge in [0.25, 0.3) is 0 Å². The number of carbonyl (C=O) groups excluding carboxylic acids is 3. The van der Waals surface area contributed by atoms with Gasteiger partial charge in [-0.3, -0.25) is 9.59 Å². The molecule has 3 saturated carbocycles. The van der Waals surface area contributed by atoms with E-state index in [1.165, 1.54) is 13.2 Å². The van der Waals surface area contributed by atoms with E-state index < -0.39 is 17.6 Å². The third-order valence-electron chi connectivity index (χ3n) is 7.59. The second kappa shape index (κ2) is 9.04. The molecule has 33 heavy (non-hydrogen) atoms. The normalized spacial score (nSPS) is 25.5. The molecule has 0 aliphatic heterocycles. The fourth-order valence-electron chi connectivity index (χ4n) is 5.21. The van der Waals surface area contributed by atoms with Crippen molar-refractivity contribution >= 4 is 34.7 Å². The maximum Gasteiger partial charge on any atom is 0.399 e. The van der Waals surface area contributed by atoms with Crippen molar-refractivity contribution in [2.75, 3.05) is 12.0 Å². The lowest BCUT2D eigenvalue weighted by atomic mass is 9.81. The van der Waals surface area contributed by atoms with E-state index in [1.54, 1.807) is 4.90 Å². The van der Waals surface area contributed by atoms with E-state index >= 15 is 0 Å². The average molecular weight is 486 g/mol. The summed E-state index contributed by atoms with van der Waals surface area (Å²) < 4.78 is 46.5. The molecular formula is C24H30F3NO4S. The van der Waals surface area contributed by atoms with E-state index in [0.29, 0.717) is 31.6 Å². The number of hydrogen-bond acceptors (Lipinski definition) is 5. The number of esters is 1. The predicted molar refractivity (Wildman–Crippen MR) is 118 cm³/mol. The van der Waals surface area contributed by atoms with Gasteiger partial charge in [-0.15, -0.1) is 11.3 Å². The molecule has 5 nitrogen and oxygen atoms in total. The van der Waals surface area contributed by atoms with Crippen LogP contribution in [0.3, 0.4) is 0 Å². The Hall–Kier alpha value is -1.90. The molecule has 182 valence electrons. The molecule has 9 heteroatoms. The zero-order valence-corrected chi connectivity index (χ0v) is 19.8. The van der Waals surface area contributed by atoms with Gasteiger partial charge in [0, 0.05) is 29.7 Å². The first-order valence-corrected chi connectivity index (χ1v) is 12.5. The van der Waals surface area contributed by atoms with Crippen molar-refractivity contribution in [3.8, 4) is 0 Å². The van der Waals surface area contributed by atoms with Gasteiger partial charge >= 0.3 is 12.1 Å². The smallest absolute Gasteiger partial charge is 0.399 e. The molecule has 1 aromatic heterocycles. The highest BCUT2D eigenvalue weighted by molar-refractivity contribution is 7.14. The second-order valence-corrected chi connectivity index (χ2v) is 10.9. The molecule has 0 saturated heterocycles. The number of nitrogens with zero attached hydrogens (tertiary/aromatic N) is 1. The number of alkyl halides is 3. The first-order valence-electron chi connectivity index (χ1n) is 11.7. The van der Waals surface area contributed by atoms with Crippen LogP contribution in [0.4, 0.5) is 18.9 Å². The molecule has 1 heterocycles. The number of Topliss-reactive ketones (excluding diaryl/α,β-unsaturated/α-hetero) is 1. The van der Waals surface area contributed by atoms with Gasteiger partial charge in [-0.1, -0.05) is 6.92 Å². The van der Waals surface area contributed by atoms with Crippen molar-refractivity contribution in [2.45, 2.75) is 88.8 Å². The van der Waals surface area contributed by atoms with Gasteiger partial charge in [0.1, 0.15) is 16.1 Å². The minimum atomic E-state index is -4.42. The molecule has 3 aliphatic carbocycles. The van der Waals surface area contributed by atoms with Crippen LogP contribution in [0.15, 0.2) is 6.07 Å².